The van der Waals surface area contributed by atoms with E-state index in [0.29, 0.717) is 6.54 Å². The molecule has 0 atom stereocenters. The molecule has 0 bridgehead atoms. The number of nitrogens with zero attached hydrogens (tertiary/aromatic N) is 2. The van der Waals surface area contributed by atoms with Gasteiger partial charge in [-0.1, -0.05) is 0 Å². The van der Waals surface area contributed by atoms with Gasteiger partial charge < -0.3 is 15.8 Å². The molecule has 1 rings (SSSR count). The van der Waals surface area contributed by atoms with Crippen LogP contribution in [-0.4, -0.2) is 63.0 Å². The van der Waals surface area contributed by atoms with Gasteiger partial charge in [-0.25, -0.2) is 0 Å². The second-order valence-electron chi connectivity index (χ2n) is 4.37. The molecule has 3 N–H and O–H groups in total. The zero-order chi connectivity index (χ0) is 14.1. The van der Waals surface area contributed by atoms with Gasteiger partial charge in [0.1, 0.15) is 0 Å². The average Bonchev–Trinajstić information content (AvgIpc) is 2.34. The van der Waals surface area contributed by atoms with Crippen molar-refractivity contribution in [2.24, 2.45) is 10.7 Å². The largest absolute Gasteiger partial charge is 0.390 e. The highest BCUT2D eigenvalue weighted by Crippen LogP contribution is 2.17. The lowest BCUT2D eigenvalue weighted by Gasteiger charge is -2.26. The lowest BCUT2D eigenvalue weighted by Crippen LogP contribution is -2.37. The van der Waals surface area contributed by atoms with Gasteiger partial charge in [-0.3, -0.25) is 9.89 Å². The number of guanidine groups is 1. The van der Waals surface area contributed by atoms with Crippen molar-refractivity contribution in [2.45, 2.75) is 19.0 Å². The van der Waals surface area contributed by atoms with Crippen LogP contribution in [0, 0.1) is 0 Å². The number of halogens is 4. The molecular formula is C11H22F3IN4O. The van der Waals surface area contributed by atoms with E-state index in [1.807, 2.05) is 0 Å². The number of rotatable bonds is 6. The number of aliphatic imine (C=N–C) groups is 1. The smallest absolute Gasteiger partial charge is 0.379 e. The molecule has 0 saturated carbocycles. The fourth-order valence-electron chi connectivity index (χ4n) is 1.71. The quantitative estimate of drug-likeness (QED) is 0.299. The van der Waals surface area contributed by atoms with E-state index in [0.717, 1.165) is 39.3 Å². The maximum Gasteiger partial charge on any atom is 0.390 e. The fraction of sp³-hybridized carbons (Fsp3) is 0.909. The summed E-state index contributed by atoms with van der Waals surface area (Å²) in [5.41, 5.74) is 5.46. The molecule has 1 aliphatic rings. The molecule has 9 heteroatoms. The van der Waals surface area contributed by atoms with E-state index < -0.39 is 12.6 Å². The SMILES string of the molecule is I.NC(=NCCCN1CCOCC1)NCCC(F)(F)F. The Kier molecular flexibility index (Phi) is 10.3. The molecule has 1 heterocycles. The number of morpholine rings is 1. The molecule has 0 aliphatic carbocycles. The van der Waals surface area contributed by atoms with Crippen LogP contribution in [-0.2, 0) is 4.74 Å². The molecule has 20 heavy (non-hydrogen) atoms. The Labute approximate surface area is 134 Å². The molecule has 0 radical (unpaired) electrons. The van der Waals surface area contributed by atoms with Gasteiger partial charge in [-0.05, 0) is 6.42 Å². The van der Waals surface area contributed by atoms with Crippen molar-refractivity contribution in [3.05, 3.63) is 0 Å². The van der Waals surface area contributed by atoms with Crippen LogP contribution in [0.1, 0.15) is 12.8 Å². The van der Waals surface area contributed by atoms with Crippen molar-refractivity contribution in [3.63, 3.8) is 0 Å². The van der Waals surface area contributed by atoms with Crippen molar-refractivity contribution in [2.75, 3.05) is 45.9 Å². The van der Waals surface area contributed by atoms with Crippen molar-refractivity contribution in [1.82, 2.24) is 10.2 Å². The predicted molar refractivity (Wildman–Crippen MR) is 82.5 cm³/mol. The lowest BCUT2D eigenvalue weighted by molar-refractivity contribution is -0.132. The summed E-state index contributed by atoms with van der Waals surface area (Å²) in [6.45, 7) is 4.54. The molecule has 120 valence electrons. The van der Waals surface area contributed by atoms with Crippen LogP contribution in [0.5, 0.6) is 0 Å². The maximum absolute atomic E-state index is 11.9. The molecule has 1 aliphatic heterocycles. The topological polar surface area (TPSA) is 62.9 Å². The minimum atomic E-state index is -4.16. The Hall–Kier alpha value is -0.290. The summed E-state index contributed by atoms with van der Waals surface area (Å²) < 4.78 is 40.9. The molecule has 5 nitrogen and oxygen atoms in total. The lowest BCUT2D eigenvalue weighted by atomic mass is 10.3. The Bertz CT molecular complexity index is 283. The molecule has 0 aromatic carbocycles. The Morgan fingerprint density at radius 1 is 1.30 bits per heavy atom. The molecule has 0 amide bonds. The third-order valence-corrected chi connectivity index (χ3v) is 2.73. The first-order valence-corrected chi connectivity index (χ1v) is 6.38. The van der Waals surface area contributed by atoms with Crippen molar-refractivity contribution in [3.8, 4) is 0 Å². The summed E-state index contributed by atoms with van der Waals surface area (Å²) in [5.74, 6) is 0.0752. The first-order valence-electron chi connectivity index (χ1n) is 6.38. The maximum atomic E-state index is 11.9. The van der Waals surface area contributed by atoms with Crippen LogP contribution < -0.4 is 11.1 Å². The van der Waals surface area contributed by atoms with Gasteiger partial charge in [0.25, 0.3) is 0 Å². The normalized spacial score (nSPS) is 17.6. The van der Waals surface area contributed by atoms with Gasteiger partial charge in [-0.2, -0.15) is 13.2 Å². The summed E-state index contributed by atoms with van der Waals surface area (Å²) >= 11 is 0. The summed E-state index contributed by atoms with van der Waals surface area (Å²) in [4.78, 5) is 6.26. The van der Waals surface area contributed by atoms with Gasteiger partial charge in [0.15, 0.2) is 5.96 Å². The number of nitrogens with two attached hydrogens (primary N) is 1. The first-order chi connectivity index (χ1) is 8.97. The Morgan fingerprint density at radius 3 is 2.55 bits per heavy atom. The number of nitrogens with one attached hydrogen (secondary N) is 1. The van der Waals surface area contributed by atoms with Gasteiger partial charge >= 0.3 is 6.18 Å². The van der Waals surface area contributed by atoms with E-state index >= 15 is 0 Å². The van der Waals surface area contributed by atoms with Gasteiger partial charge in [0, 0.05) is 32.7 Å². The molecular weight excluding hydrogens is 388 g/mol. The number of alkyl halides is 3. The first kappa shape index (κ1) is 19.7. The molecule has 1 saturated heterocycles. The second-order valence-corrected chi connectivity index (χ2v) is 4.37. The summed E-state index contributed by atoms with van der Waals surface area (Å²) in [6.07, 6.45) is -4.23. The van der Waals surface area contributed by atoms with E-state index in [9.17, 15) is 13.2 Å². The molecule has 0 aromatic rings. The highest BCUT2D eigenvalue weighted by atomic mass is 127. The highest BCUT2D eigenvalue weighted by molar-refractivity contribution is 14.0. The average molecular weight is 410 g/mol. The molecule has 0 aromatic heterocycles. The van der Waals surface area contributed by atoms with Crippen molar-refractivity contribution in [1.29, 1.82) is 0 Å². The van der Waals surface area contributed by atoms with E-state index in [2.05, 4.69) is 15.2 Å². The third kappa shape index (κ3) is 10.5. The van der Waals surface area contributed by atoms with Crippen LogP contribution in [0.15, 0.2) is 4.99 Å². The van der Waals surface area contributed by atoms with Crippen molar-refractivity contribution >= 4 is 29.9 Å². The summed E-state index contributed by atoms with van der Waals surface area (Å²) in [7, 11) is 0. The number of ether oxygens (including phenoxy) is 1. The van der Waals surface area contributed by atoms with Crippen LogP contribution >= 0.6 is 24.0 Å². The number of hydrogen-bond donors (Lipinski definition) is 2. The molecule has 0 unspecified atom stereocenters. The van der Waals surface area contributed by atoms with E-state index in [4.69, 9.17) is 10.5 Å². The monoisotopic (exact) mass is 410 g/mol. The standard InChI is InChI=1S/C11H21F3N4O.HI/c12-11(13,14)2-4-17-10(15)16-3-1-5-18-6-8-19-9-7-18;/h1-9H2,(H3,15,16,17);1H. The van der Waals surface area contributed by atoms with E-state index in [1.165, 1.54) is 0 Å². The summed E-state index contributed by atoms with van der Waals surface area (Å²) in [6, 6.07) is 0. The second kappa shape index (κ2) is 10.4. The van der Waals surface area contributed by atoms with E-state index in [-0.39, 0.29) is 36.5 Å². The Morgan fingerprint density at radius 2 is 1.95 bits per heavy atom. The zero-order valence-electron chi connectivity index (χ0n) is 11.3. The molecule has 1 fully saturated rings. The van der Waals surface area contributed by atoms with Gasteiger partial charge in [-0.15, -0.1) is 24.0 Å². The Balaban J connectivity index is 0.00000361. The van der Waals surface area contributed by atoms with Crippen LogP contribution in [0.25, 0.3) is 0 Å². The third-order valence-electron chi connectivity index (χ3n) is 2.73. The zero-order valence-corrected chi connectivity index (χ0v) is 13.6. The summed E-state index contributed by atoms with van der Waals surface area (Å²) in [5, 5.41) is 2.45. The number of hydrogen-bond acceptors (Lipinski definition) is 3. The van der Waals surface area contributed by atoms with Gasteiger partial charge in [0.2, 0.25) is 0 Å². The van der Waals surface area contributed by atoms with Crippen molar-refractivity contribution < 1.29 is 17.9 Å². The minimum absolute atomic E-state index is 0. The molecule has 0 spiro atoms. The highest BCUT2D eigenvalue weighted by Gasteiger charge is 2.26. The van der Waals surface area contributed by atoms with Gasteiger partial charge in [0.05, 0.1) is 19.6 Å². The minimum Gasteiger partial charge on any atom is -0.379 e. The van der Waals surface area contributed by atoms with E-state index in [1.54, 1.807) is 0 Å². The van der Waals surface area contributed by atoms with Crippen LogP contribution in [0.4, 0.5) is 13.2 Å². The predicted octanol–water partition coefficient (Wildman–Crippen LogP) is 1.18. The van der Waals surface area contributed by atoms with Crippen LogP contribution in [0.2, 0.25) is 0 Å². The van der Waals surface area contributed by atoms with Crippen LogP contribution in [0.3, 0.4) is 0 Å². The fourth-order valence-corrected chi connectivity index (χ4v) is 1.71.